The third-order valence-corrected chi connectivity index (χ3v) is 5.11. The number of hydrogen-bond donors (Lipinski definition) is 1. The Hall–Kier alpha value is -2.40. The van der Waals surface area contributed by atoms with Gasteiger partial charge in [-0.15, -0.1) is 0 Å². The van der Waals surface area contributed by atoms with Crippen LogP contribution in [-0.4, -0.2) is 42.2 Å². The van der Waals surface area contributed by atoms with Crippen LogP contribution in [0, 0.1) is 5.41 Å². The number of amides is 2. The lowest BCUT2D eigenvalue weighted by Gasteiger charge is -2.43. The Kier molecular flexibility index (Phi) is 5.57. The molecule has 1 aromatic heterocycles. The summed E-state index contributed by atoms with van der Waals surface area (Å²) in [5.41, 5.74) is 3.34. The third kappa shape index (κ3) is 4.22. The van der Waals surface area contributed by atoms with Gasteiger partial charge in [0.2, 0.25) is 0 Å². The fraction of sp³-hybridized carbons (Fsp3) is 0.429. The smallest absolute Gasteiger partial charge is 0.317 e. The molecule has 0 aliphatic carbocycles. The SMILES string of the molecule is COC1CCN(C(=O)NCc2ccc(-c3ccncc3)cc2)CC1(C)C. The van der Waals surface area contributed by atoms with Crippen LogP contribution in [0.2, 0.25) is 0 Å². The van der Waals surface area contributed by atoms with Crippen molar-refractivity contribution in [2.24, 2.45) is 5.41 Å². The predicted molar refractivity (Wildman–Crippen MR) is 103 cm³/mol. The second-order valence-corrected chi connectivity index (χ2v) is 7.51. The zero-order valence-electron chi connectivity index (χ0n) is 15.7. The van der Waals surface area contributed by atoms with E-state index in [4.69, 9.17) is 4.74 Å². The Morgan fingerprint density at radius 1 is 1.19 bits per heavy atom. The van der Waals surface area contributed by atoms with Crippen molar-refractivity contribution in [3.05, 3.63) is 54.4 Å². The molecule has 1 fully saturated rings. The van der Waals surface area contributed by atoms with E-state index in [1.54, 1.807) is 19.5 Å². The van der Waals surface area contributed by atoms with Gasteiger partial charge in [-0.1, -0.05) is 38.1 Å². The first-order chi connectivity index (χ1) is 12.5. The monoisotopic (exact) mass is 353 g/mol. The Bertz CT molecular complexity index is 729. The molecule has 1 N–H and O–H groups in total. The van der Waals surface area contributed by atoms with Crippen molar-refractivity contribution in [3.63, 3.8) is 0 Å². The third-order valence-electron chi connectivity index (χ3n) is 5.11. The molecule has 0 saturated carbocycles. The summed E-state index contributed by atoms with van der Waals surface area (Å²) >= 11 is 0. The molecule has 5 nitrogen and oxygen atoms in total. The molecule has 2 amide bonds. The number of ether oxygens (including phenoxy) is 1. The minimum Gasteiger partial charge on any atom is -0.381 e. The molecule has 2 aromatic rings. The van der Waals surface area contributed by atoms with Crippen LogP contribution in [0.5, 0.6) is 0 Å². The summed E-state index contributed by atoms with van der Waals surface area (Å²) in [6, 6.07) is 12.2. The molecular weight excluding hydrogens is 326 g/mol. The Morgan fingerprint density at radius 2 is 1.85 bits per heavy atom. The van der Waals surface area contributed by atoms with Crippen LogP contribution < -0.4 is 5.32 Å². The molecule has 1 unspecified atom stereocenters. The average Bonchev–Trinajstić information content (AvgIpc) is 2.66. The van der Waals surface area contributed by atoms with Crippen molar-refractivity contribution in [2.45, 2.75) is 32.9 Å². The topological polar surface area (TPSA) is 54.5 Å². The van der Waals surface area contributed by atoms with E-state index in [9.17, 15) is 4.79 Å². The van der Waals surface area contributed by atoms with Crippen LogP contribution in [0.25, 0.3) is 11.1 Å². The lowest BCUT2D eigenvalue weighted by molar-refractivity contribution is -0.0406. The van der Waals surface area contributed by atoms with Gasteiger partial charge in [0.05, 0.1) is 6.10 Å². The van der Waals surface area contributed by atoms with Gasteiger partial charge in [0, 0.05) is 44.6 Å². The Labute approximate surface area is 155 Å². The first-order valence-electron chi connectivity index (χ1n) is 9.04. The van der Waals surface area contributed by atoms with Crippen molar-refractivity contribution in [3.8, 4) is 11.1 Å². The number of carbonyl (C=O) groups is 1. The summed E-state index contributed by atoms with van der Waals surface area (Å²) in [6.45, 7) is 6.27. The van der Waals surface area contributed by atoms with Crippen LogP contribution in [-0.2, 0) is 11.3 Å². The summed E-state index contributed by atoms with van der Waals surface area (Å²) < 4.78 is 5.55. The van der Waals surface area contributed by atoms with Crippen molar-refractivity contribution in [2.75, 3.05) is 20.2 Å². The van der Waals surface area contributed by atoms with Crippen molar-refractivity contribution < 1.29 is 9.53 Å². The molecular formula is C21H27N3O2. The molecule has 0 bridgehead atoms. The fourth-order valence-corrected chi connectivity index (χ4v) is 3.60. The maximum Gasteiger partial charge on any atom is 0.317 e. The number of likely N-dealkylation sites (tertiary alicyclic amines) is 1. The number of methoxy groups -OCH3 is 1. The fourth-order valence-electron chi connectivity index (χ4n) is 3.60. The number of hydrogen-bond acceptors (Lipinski definition) is 3. The van der Waals surface area contributed by atoms with Crippen LogP contribution in [0.1, 0.15) is 25.8 Å². The van der Waals surface area contributed by atoms with E-state index >= 15 is 0 Å². The van der Waals surface area contributed by atoms with Crippen LogP contribution >= 0.6 is 0 Å². The minimum absolute atomic E-state index is 0.00848. The maximum absolute atomic E-state index is 12.5. The highest BCUT2D eigenvalue weighted by molar-refractivity contribution is 5.74. The molecule has 26 heavy (non-hydrogen) atoms. The number of pyridine rings is 1. The molecule has 1 saturated heterocycles. The van der Waals surface area contributed by atoms with E-state index in [0.717, 1.165) is 29.7 Å². The zero-order chi connectivity index (χ0) is 18.6. The number of carbonyl (C=O) groups excluding carboxylic acids is 1. The number of rotatable bonds is 4. The van der Waals surface area contributed by atoms with E-state index < -0.39 is 0 Å². The van der Waals surface area contributed by atoms with Crippen molar-refractivity contribution in [1.82, 2.24) is 15.2 Å². The van der Waals surface area contributed by atoms with Gasteiger partial charge in [-0.2, -0.15) is 0 Å². The summed E-state index contributed by atoms with van der Waals surface area (Å²) in [6.07, 6.45) is 4.65. The second-order valence-electron chi connectivity index (χ2n) is 7.51. The number of nitrogens with zero attached hydrogens (tertiary/aromatic N) is 2. The maximum atomic E-state index is 12.5. The normalized spacial score (nSPS) is 19.2. The van der Waals surface area contributed by atoms with Crippen LogP contribution in [0.15, 0.2) is 48.8 Å². The highest BCUT2D eigenvalue weighted by Gasteiger charge is 2.37. The van der Waals surface area contributed by atoms with Gasteiger partial charge < -0.3 is 15.0 Å². The highest BCUT2D eigenvalue weighted by Crippen LogP contribution is 2.31. The molecule has 1 atom stereocenters. The van der Waals surface area contributed by atoms with Gasteiger partial charge in [0.25, 0.3) is 0 Å². The molecule has 2 heterocycles. The van der Waals surface area contributed by atoms with Gasteiger partial charge in [-0.25, -0.2) is 4.79 Å². The standard InChI is InChI=1S/C21H27N3O2/c1-21(2)15-24(13-10-19(21)26-3)20(25)23-14-16-4-6-17(7-5-16)18-8-11-22-12-9-18/h4-9,11-12,19H,10,13-15H2,1-3H3,(H,23,25). The molecule has 5 heteroatoms. The number of benzene rings is 1. The lowest BCUT2D eigenvalue weighted by Crippen LogP contribution is -2.53. The quantitative estimate of drug-likeness (QED) is 0.912. The second kappa shape index (κ2) is 7.87. The van der Waals surface area contributed by atoms with Crippen molar-refractivity contribution in [1.29, 1.82) is 0 Å². The zero-order valence-corrected chi connectivity index (χ0v) is 15.7. The first kappa shape index (κ1) is 18.4. The average molecular weight is 353 g/mol. The van der Waals surface area contributed by atoms with Gasteiger partial charge in [0.15, 0.2) is 0 Å². The molecule has 1 aromatic carbocycles. The predicted octanol–water partition coefficient (Wildman–Crippen LogP) is 3.71. The number of aromatic nitrogens is 1. The molecule has 1 aliphatic heterocycles. The molecule has 0 radical (unpaired) electrons. The summed E-state index contributed by atoms with van der Waals surface area (Å²) in [7, 11) is 1.75. The number of nitrogens with one attached hydrogen (secondary N) is 1. The molecule has 0 spiro atoms. The largest absolute Gasteiger partial charge is 0.381 e. The molecule has 138 valence electrons. The summed E-state index contributed by atoms with van der Waals surface area (Å²) in [5, 5.41) is 3.03. The van der Waals surface area contributed by atoms with E-state index in [2.05, 4.69) is 48.4 Å². The molecule has 3 rings (SSSR count). The van der Waals surface area contributed by atoms with E-state index in [0.29, 0.717) is 13.1 Å². The summed E-state index contributed by atoms with van der Waals surface area (Å²) in [4.78, 5) is 18.4. The van der Waals surface area contributed by atoms with E-state index in [1.165, 1.54) is 0 Å². The van der Waals surface area contributed by atoms with Gasteiger partial charge in [-0.05, 0) is 35.2 Å². The Balaban J connectivity index is 1.55. The summed E-state index contributed by atoms with van der Waals surface area (Å²) in [5.74, 6) is 0. The number of urea groups is 1. The number of piperidine rings is 1. The molecule has 1 aliphatic rings. The highest BCUT2D eigenvalue weighted by atomic mass is 16.5. The van der Waals surface area contributed by atoms with Crippen LogP contribution in [0.4, 0.5) is 4.79 Å². The van der Waals surface area contributed by atoms with Gasteiger partial charge in [0.1, 0.15) is 0 Å². The Morgan fingerprint density at radius 3 is 2.46 bits per heavy atom. The minimum atomic E-state index is -0.0312. The van der Waals surface area contributed by atoms with Crippen molar-refractivity contribution >= 4 is 6.03 Å². The first-order valence-corrected chi connectivity index (χ1v) is 9.04. The van der Waals surface area contributed by atoms with Gasteiger partial charge in [-0.3, -0.25) is 4.98 Å². The van der Waals surface area contributed by atoms with E-state index in [-0.39, 0.29) is 17.6 Å². The van der Waals surface area contributed by atoms with Crippen LogP contribution in [0.3, 0.4) is 0 Å². The van der Waals surface area contributed by atoms with Gasteiger partial charge >= 0.3 is 6.03 Å². The lowest BCUT2D eigenvalue weighted by atomic mass is 9.81. The van der Waals surface area contributed by atoms with E-state index in [1.807, 2.05) is 17.0 Å².